The molecule has 0 spiro atoms. The van der Waals surface area contributed by atoms with E-state index >= 15 is 0 Å². The Morgan fingerprint density at radius 3 is 1.23 bits per heavy atom. The van der Waals surface area contributed by atoms with E-state index < -0.39 is 321 Å². The highest BCUT2D eigenvalue weighted by atomic mass is 16.8. The maximum absolute atomic E-state index is 13.8. The molecule has 0 aromatic carbocycles. The van der Waals surface area contributed by atoms with Crippen molar-refractivity contribution in [1.82, 2.24) is 21.3 Å². The maximum atomic E-state index is 13.8. The lowest BCUT2D eigenvalue weighted by Gasteiger charge is -2.52. The van der Waals surface area contributed by atoms with E-state index in [1.165, 1.54) is 148 Å². The second-order valence-corrected chi connectivity index (χ2v) is 38.5. The molecule has 7 rings (SSSR count). The normalized spacial score (nSPS) is 35.9. The molecule has 0 radical (unpaired) electrons. The Morgan fingerprint density at radius 1 is 0.379 bits per heavy atom. The fourth-order valence-electron chi connectivity index (χ4n) is 19.0. The lowest BCUT2D eigenvalue weighted by Crippen LogP contribution is -2.72. The van der Waals surface area contributed by atoms with Gasteiger partial charge in [-0.3, -0.25) is 19.2 Å². The molecule has 0 saturated carbocycles. The van der Waals surface area contributed by atoms with E-state index in [0.717, 1.165) is 85.0 Å². The zero-order valence-electron chi connectivity index (χ0n) is 81.9. The van der Waals surface area contributed by atoms with Crippen LogP contribution >= 0.6 is 0 Å². The number of amides is 4. The van der Waals surface area contributed by atoms with Gasteiger partial charge in [0.1, 0.15) is 165 Å². The van der Waals surface area contributed by atoms with Crippen LogP contribution < -0.4 is 21.3 Å². The number of aliphatic hydroxyl groups is 21. The van der Waals surface area contributed by atoms with Gasteiger partial charge in [0, 0.05) is 33.6 Å². The van der Waals surface area contributed by atoms with Gasteiger partial charge in [-0.2, -0.15) is 0 Å². The van der Waals surface area contributed by atoms with Gasteiger partial charge in [0.05, 0.1) is 77.1 Å². The van der Waals surface area contributed by atoms with Crippen molar-refractivity contribution >= 4 is 29.6 Å². The summed E-state index contributed by atoms with van der Waals surface area (Å²) in [7, 11) is 0. The summed E-state index contributed by atoms with van der Waals surface area (Å²) < 4.78 is 84.4. The second kappa shape index (κ2) is 64.8. The predicted octanol–water partition coefficient (Wildman–Crippen LogP) is -2.13. The van der Waals surface area contributed by atoms with Crippen molar-refractivity contribution in [2.75, 3.05) is 52.9 Å². The lowest BCUT2D eigenvalue weighted by molar-refractivity contribution is -0.399. The Bertz CT molecular complexity index is 3450. The highest BCUT2D eigenvalue weighted by Gasteiger charge is 2.63. The van der Waals surface area contributed by atoms with Gasteiger partial charge in [0.15, 0.2) is 37.7 Å². The van der Waals surface area contributed by atoms with Crippen LogP contribution in [0.25, 0.3) is 0 Å². The number of rotatable bonds is 67. The van der Waals surface area contributed by atoms with Crippen LogP contribution in [0, 0.1) is 0 Å². The molecule has 45 heteroatoms. The lowest BCUT2D eigenvalue weighted by atomic mass is 9.88. The molecule has 7 saturated heterocycles. The molecule has 816 valence electrons. The highest BCUT2D eigenvalue weighted by molar-refractivity contribution is 5.77. The molecular formula is C95H170N4O41. The number of nitrogens with one attached hydrogen (secondary N) is 4. The van der Waals surface area contributed by atoms with E-state index in [-0.39, 0.29) is 6.42 Å². The summed E-state index contributed by atoms with van der Waals surface area (Å²) in [5, 5.41) is 259. The van der Waals surface area contributed by atoms with Crippen molar-refractivity contribution in [3.05, 3.63) is 12.2 Å². The van der Waals surface area contributed by atoms with Crippen molar-refractivity contribution < 1.29 is 203 Å². The molecule has 26 N–H and O–H groups in total. The zero-order chi connectivity index (χ0) is 103. The zero-order valence-corrected chi connectivity index (χ0v) is 81.9. The average molecular weight is 2020 g/mol. The molecular weight excluding hydrogens is 1850 g/mol. The van der Waals surface area contributed by atoms with Crippen LogP contribution in [0.3, 0.4) is 0 Å². The maximum Gasteiger partial charge on any atom is 0.364 e. The van der Waals surface area contributed by atoms with Gasteiger partial charge in [-0.1, -0.05) is 231 Å². The molecule has 0 aromatic heterocycles. The van der Waals surface area contributed by atoms with Crippen LogP contribution in [0.15, 0.2) is 12.2 Å². The first-order valence-electron chi connectivity index (χ1n) is 51.1. The monoisotopic (exact) mass is 2020 g/mol. The Labute approximate surface area is 819 Å². The van der Waals surface area contributed by atoms with Crippen LogP contribution in [0.2, 0.25) is 0 Å². The van der Waals surface area contributed by atoms with Crippen molar-refractivity contribution in [1.29, 1.82) is 0 Å². The smallest absolute Gasteiger partial charge is 0.364 e. The average Bonchev–Trinajstić information content (AvgIpc) is 0.742. The summed E-state index contributed by atoms with van der Waals surface area (Å²) in [5.74, 6) is -8.75. The minimum atomic E-state index is -3.42. The third-order valence-corrected chi connectivity index (χ3v) is 27.2. The van der Waals surface area contributed by atoms with E-state index in [0.29, 0.717) is 12.8 Å². The van der Waals surface area contributed by atoms with Crippen LogP contribution in [0.5, 0.6) is 0 Å². The number of unbranched alkanes of at least 4 members (excludes halogenated alkanes) is 33. The Hall–Kier alpha value is -4.31. The standard InChI is InChI=1S/C95H170N4O41/c1-6-8-10-12-14-16-18-20-21-22-23-24-25-26-27-28-29-31-33-35-37-39-41-43-66(112)99-56(57(109)42-40-38-36-34-32-30-19-17-15-13-11-9-7-2)51-127-90-79(122)77(120)83(63(49-104)132-90)136-92-80(123)86(138-91-78(121)76(119)72(115)61(47-102)130-91)73(116)65(134-92)52-128-88-69(98-55(5)108)75(118)82(62(48-103)131-88)135-93-81(124)87(84(64(50-105)133-93)137-89-68(97-54(4)107)74(117)71(114)60(46-101)129-89)140-95(94(125)126)44-58(110)67(96-53(3)106)85(139-95)70(113)59(111)45-100/h40,42,56-65,67-93,100-105,109-111,113-124H,6-39,41,43-52H2,1-5H3,(H,96,106)(H,97,107)(H,98,108)(H,99,112)(H,125,126)/b42-40+/t56-,57+,58?,59+,60?,61?,62?,63?,64?,65?,67+,68?,69?,70+,71-,72-,73-,74+,75+,76-,77+,78?,79?,80?,81?,82+,83+,84-,85?,86-,87+,88+,89-,90+,91+,92-,93-,95-/m0/s1. The van der Waals surface area contributed by atoms with Crippen molar-refractivity contribution in [3.8, 4) is 0 Å². The number of carboxylic acids is 1. The van der Waals surface area contributed by atoms with Crippen LogP contribution in [0.4, 0.5) is 0 Å². The summed E-state index contributed by atoms with van der Waals surface area (Å²) in [6.07, 6.45) is -26.2. The second-order valence-electron chi connectivity index (χ2n) is 38.5. The number of carboxylic acid groups (broad SMARTS) is 1. The summed E-state index contributed by atoms with van der Waals surface area (Å²) >= 11 is 0. The van der Waals surface area contributed by atoms with Gasteiger partial charge >= 0.3 is 5.97 Å². The molecule has 140 heavy (non-hydrogen) atoms. The van der Waals surface area contributed by atoms with Crippen LogP contribution in [0.1, 0.15) is 272 Å². The van der Waals surface area contributed by atoms with Crippen molar-refractivity contribution in [2.45, 2.75) is 505 Å². The summed E-state index contributed by atoms with van der Waals surface area (Å²) in [6, 6.07) is -6.75. The number of aliphatic carboxylic acids is 1. The van der Waals surface area contributed by atoms with Gasteiger partial charge in [0.25, 0.3) is 5.79 Å². The first kappa shape index (κ1) is 123. The Morgan fingerprint density at radius 2 is 0.757 bits per heavy atom. The molecule has 14 unspecified atom stereocenters. The predicted molar refractivity (Wildman–Crippen MR) is 492 cm³/mol. The molecule has 0 aliphatic carbocycles. The van der Waals surface area contributed by atoms with E-state index in [1.807, 2.05) is 6.08 Å². The molecule has 7 aliphatic heterocycles. The first-order valence-corrected chi connectivity index (χ1v) is 51.1. The SMILES string of the molecule is CCCCCCCCCCCCC/C=C/[C@@H](O)[C@H](CO[C@@H]1OC(CO)[C@@H](O[C@@H]2OC(CO[C@@H]3OC(CO)[C@@H](O[C@@H]4OC(CO)[C@H](O[C@@H]5OC(CO)[C@H](O)[C@H](O)C5NC(C)=O)[C@H](O[C@]5(C(=O)O)CC(O)[C@@H](NC(C)=O)C([C@H](O)[C@H](O)CO)O5)C4O)[C@H](O)C3NC(C)=O)[C@H](O)[C@H](O[C@H]3OC(CO)[C@H](O)[C@H](O)C3O)C2O)[C@H](O)C1O)NC(=O)CCCCCCCCCCCCCCCCCCCCCCCCC. The largest absolute Gasteiger partial charge is 0.477 e. The molecule has 0 aromatic rings. The molecule has 4 amide bonds. The Kier molecular flexibility index (Phi) is 56.8. The molecule has 7 aliphatic rings. The molecule has 38 atom stereocenters. The van der Waals surface area contributed by atoms with E-state index in [1.54, 1.807) is 6.08 Å². The molecule has 7 fully saturated rings. The minimum Gasteiger partial charge on any atom is -0.477 e. The van der Waals surface area contributed by atoms with Crippen LogP contribution in [-0.2, 0) is 90.3 Å². The fraction of sp³-hybridized carbons (Fsp3) is 0.926. The number of allylic oxidation sites excluding steroid dienone is 1. The van der Waals surface area contributed by atoms with Crippen molar-refractivity contribution in [2.24, 2.45) is 0 Å². The number of carbonyl (C=O) groups is 5. The molecule has 0 bridgehead atoms. The van der Waals surface area contributed by atoms with Crippen LogP contribution in [-0.4, -0.2) is 427 Å². The van der Waals surface area contributed by atoms with E-state index in [2.05, 4.69) is 35.1 Å². The van der Waals surface area contributed by atoms with Gasteiger partial charge in [0.2, 0.25) is 23.6 Å². The van der Waals surface area contributed by atoms with E-state index in [4.69, 9.17) is 66.3 Å². The number of carbonyl (C=O) groups excluding carboxylic acids is 4. The number of hydrogen-bond acceptors (Lipinski definition) is 40. The first-order chi connectivity index (χ1) is 67.1. The molecule has 7 heterocycles. The fourth-order valence-corrected chi connectivity index (χ4v) is 19.0. The topological polar surface area (TPSA) is 708 Å². The highest BCUT2D eigenvalue weighted by Crippen LogP contribution is 2.42. The molecule has 45 nitrogen and oxygen atoms in total. The minimum absolute atomic E-state index is 0.121. The summed E-state index contributed by atoms with van der Waals surface area (Å²) in [4.78, 5) is 66.0. The quantitative estimate of drug-likeness (QED) is 0.0228. The number of ether oxygens (including phenoxy) is 14. The van der Waals surface area contributed by atoms with Gasteiger partial charge in [-0.25, -0.2) is 4.79 Å². The summed E-state index contributed by atoms with van der Waals surface area (Å²) in [6.45, 7) is -1.11. The number of hydrogen-bond donors (Lipinski definition) is 26. The van der Waals surface area contributed by atoms with E-state index in [9.17, 15) is 136 Å². The van der Waals surface area contributed by atoms with Gasteiger partial charge < -0.3 is 200 Å². The van der Waals surface area contributed by atoms with Gasteiger partial charge in [-0.15, -0.1) is 0 Å². The van der Waals surface area contributed by atoms with Gasteiger partial charge in [-0.05, 0) is 19.3 Å². The third-order valence-electron chi connectivity index (χ3n) is 27.2. The number of aliphatic hydroxyl groups excluding tert-OH is 21. The third kappa shape index (κ3) is 37.5. The Balaban J connectivity index is 1.06. The van der Waals surface area contributed by atoms with Crippen molar-refractivity contribution in [3.63, 3.8) is 0 Å². The summed E-state index contributed by atoms with van der Waals surface area (Å²) in [5.41, 5.74) is 0.